The summed E-state index contributed by atoms with van der Waals surface area (Å²) < 4.78 is 5.86. The Kier molecular flexibility index (Phi) is 5.93. The fourth-order valence-electron chi connectivity index (χ4n) is 4.88. The lowest BCUT2D eigenvalue weighted by Gasteiger charge is -2.16. The minimum Gasteiger partial charge on any atom is -0.478 e. The van der Waals surface area contributed by atoms with Crippen LogP contribution in [0.1, 0.15) is 62.1 Å². The van der Waals surface area contributed by atoms with Crippen molar-refractivity contribution in [2.45, 2.75) is 0 Å². The second kappa shape index (κ2) is 9.55. The van der Waals surface area contributed by atoms with Crippen molar-refractivity contribution in [1.29, 1.82) is 0 Å². The van der Waals surface area contributed by atoms with E-state index in [1.807, 2.05) is 0 Å². The molecule has 2 heterocycles. The topological polar surface area (TPSA) is 211 Å². The van der Waals surface area contributed by atoms with Crippen LogP contribution in [0.15, 0.2) is 72.8 Å². The summed E-state index contributed by atoms with van der Waals surface area (Å²) in [6.07, 6.45) is 0. The van der Waals surface area contributed by atoms with Crippen LogP contribution in [0.2, 0.25) is 0 Å². The van der Waals surface area contributed by atoms with Gasteiger partial charge in [0, 0.05) is 0 Å². The van der Waals surface area contributed by atoms with E-state index in [-0.39, 0.29) is 67.6 Å². The molecule has 0 saturated heterocycles. The zero-order valence-electron chi connectivity index (χ0n) is 21.7. The largest absolute Gasteiger partial charge is 0.478 e. The van der Waals surface area contributed by atoms with Crippen molar-refractivity contribution in [2.75, 3.05) is 21.3 Å². The van der Waals surface area contributed by atoms with Crippen molar-refractivity contribution in [3.63, 3.8) is 0 Å². The predicted molar refractivity (Wildman–Crippen MR) is 151 cm³/mol. The van der Waals surface area contributed by atoms with Crippen molar-refractivity contribution >= 4 is 58.3 Å². The number of hydrogen-bond acceptors (Lipinski definition) is 9. The predicted octanol–water partition coefficient (Wildman–Crippen LogP) is 3.64. The maximum absolute atomic E-state index is 13.3. The molecule has 13 heteroatoms. The SMILES string of the molecule is Nc1ccc(C(=O)O)cc1N1C(=O)c2ccc(Oc3ccc4c(c3)C(=O)N(c3cc(C(=O)O)ccc3N)C4=O)cc2C1=O. The van der Waals surface area contributed by atoms with Crippen LogP contribution in [0.3, 0.4) is 0 Å². The van der Waals surface area contributed by atoms with Crippen molar-refractivity contribution in [3.8, 4) is 11.5 Å². The van der Waals surface area contributed by atoms with Gasteiger partial charge in [0.15, 0.2) is 0 Å². The van der Waals surface area contributed by atoms with Gasteiger partial charge in [-0.15, -0.1) is 0 Å². The normalized spacial score (nSPS) is 13.8. The Balaban J connectivity index is 1.29. The van der Waals surface area contributed by atoms with Crippen LogP contribution < -0.4 is 26.0 Å². The van der Waals surface area contributed by atoms with Crippen molar-refractivity contribution in [3.05, 3.63) is 106 Å². The zero-order valence-corrected chi connectivity index (χ0v) is 21.7. The number of amides is 4. The third-order valence-corrected chi connectivity index (χ3v) is 6.99. The molecular weight excluding hydrogens is 560 g/mol. The number of carbonyl (C=O) groups excluding carboxylic acids is 4. The van der Waals surface area contributed by atoms with Gasteiger partial charge in [0.05, 0.1) is 56.1 Å². The second-order valence-electron chi connectivity index (χ2n) is 9.57. The monoisotopic (exact) mass is 578 g/mol. The maximum Gasteiger partial charge on any atom is 0.335 e. The summed E-state index contributed by atoms with van der Waals surface area (Å²) in [7, 11) is 0. The quantitative estimate of drug-likeness (QED) is 0.192. The van der Waals surface area contributed by atoms with Gasteiger partial charge in [-0.1, -0.05) is 0 Å². The Morgan fingerprint density at radius 1 is 0.535 bits per heavy atom. The van der Waals surface area contributed by atoms with E-state index in [1.165, 1.54) is 60.7 Å². The highest BCUT2D eigenvalue weighted by Crippen LogP contribution is 2.37. The first-order chi connectivity index (χ1) is 20.5. The lowest BCUT2D eigenvalue weighted by molar-refractivity contribution is 0.0686. The maximum atomic E-state index is 13.3. The van der Waals surface area contributed by atoms with Gasteiger partial charge < -0.3 is 26.4 Å². The fraction of sp³-hybridized carbons (Fsp3) is 0. The molecule has 4 aromatic rings. The molecular formula is C30H18N4O9. The summed E-state index contributed by atoms with van der Waals surface area (Å²) in [6.45, 7) is 0. The highest BCUT2D eigenvalue weighted by molar-refractivity contribution is 6.36. The molecule has 0 fully saturated rings. The number of fused-ring (bicyclic) bond motifs is 2. The smallest absolute Gasteiger partial charge is 0.335 e. The lowest BCUT2D eigenvalue weighted by Crippen LogP contribution is -2.30. The number of aromatic carboxylic acids is 2. The number of nitrogen functional groups attached to an aromatic ring is 2. The lowest BCUT2D eigenvalue weighted by atomic mass is 10.1. The third-order valence-electron chi connectivity index (χ3n) is 6.99. The Morgan fingerprint density at radius 3 is 1.28 bits per heavy atom. The summed E-state index contributed by atoms with van der Waals surface area (Å²) in [5.41, 5.74) is 11.5. The molecule has 212 valence electrons. The van der Waals surface area contributed by atoms with E-state index in [0.29, 0.717) is 0 Å². The Hall–Kier alpha value is -6.50. The third kappa shape index (κ3) is 4.19. The molecule has 0 saturated carbocycles. The number of nitrogens with two attached hydrogens (primary N) is 2. The average molecular weight is 578 g/mol. The molecule has 0 aromatic heterocycles. The first-order valence-corrected chi connectivity index (χ1v) is 12.5. The van der Waals surface area contributed by atoms with Crippen LogP contribution in [-0.4, -0.2) is 45.8 Å². The van der Waals surface area contributed by atoms with Gasteiger partial charge in [0.2, 0.25) is 0 Å². The first kappa shape index (κ1) is 26.7. The number of rotatable bonds is 6. The minimum absolute atomic E-state index is 0.0185. The number of carboxylic acid groups (broad SMARTS) is 2. The summed E-state index contributed by atoms with van der Waals surface area (Å²) in [5.74, 6) is -5.16. The van der Waals surface area contributed by atoms with E-state index in [9.17, 15) is 39.0 Å². The Labute approximate surface area is 241 Å². The molecule has 6 N–H and O–H groups in total. The molecule has 4 amide bonds. The number of nitrogens with zero attached hydrogens (tertiary/aromatic N) is 2. The van der Waals surface area contributed by atoms with Crippen molar-refractivity contribution < 1.29 is 43.7 Å². The van der Waals surface area contributed by atoms with E-state index in [4.69, 9.17) is 16.2 Å². The summed E-state index contributed by atoms with van der Waals surface area (Å²) in [4.78, 5) is 77.1. The molecule has 0 atom stereocenters. The summed E-state index contributed by atoms with van der Waals surface area (Å²) in [6, 6.07) is 15.6. The molecule has 0 radical (unpaired) electrons. The van der Waals surface area contributed by atoms with E-state index >= 15 is 0 Å². The second-order valence-corrected chi connectivity index (χ2v) is 9.57. The molecule has 0 bridgehead atoms. The molecule has 0 spiro atoms. The van der Waals surface area contributed by atoms with Gasteiger partial charge in [0.25, 0.3) is 23.6 Å². The number of carbonyl (C=O) groups is 6. The van der Waals surface area contributed by atoms with E-state index in [2.05, 4.69) is 0 Å². The van der Waals surface area contributed by atoms with Crippen LogP contribution in [-0.2, 0) is 0 Å². The van der Waals surface area contributed by atoms with Gasteiger partial charge >= 0.3 is 11.9 Å². The number of anilines is 4. The number of hydrogen-bond donors (Lipinski definition) is 4. The fourth-order valence-corrected chi connectivity index (χ4v) is 4.88. The highest BCUT2D eigenvalue weighted by Gasteiger charge is 2.40. The van der Waals surface area contributed by atoms with Gasteiger partial charge in [0.1, 0.15) is 11.5 Å². The van der Waals surface area contributed by atoms with Gasteiger partial charge in [-0.3, -0.25) is 19.2 Å². The molecule has 4 aromatic carbocycles. The van der Waals surface area contributed by atoms with Crippen LogP contribution >= 0.6 is 0 Å². The van der Waals surface area contributed by atoms with E-state index in [1.54, 1.807) is 0 Å². The van der Waals surface area contributed by atoms with Gasteiger partial charge in [-0.25, -0.2) is 19.4 Å². The first-order valence-electron chi connectivity index (χ1n) is 12.5. The molecule has 0 aliphatic carbocycles. The molecule has 13 nitrogen and oxygen atoms in total. The van der Waals surface area contributed by atoms with Crippen LogP contribution in [0, 0.1) is 0 Å². The van der Waals surface area contributed by atoms with Gasteiger partial charge in [-0.05, 0) is 72.8 Å². The van der Waals surface area contributed by atoms with Crippen LogP contribution in [0.25, 0.3) is 0 Å². The van der Waals surface area contributed by atoms with Gasteiger partial charge in [-0.2, -0.15) is 0 Å². The minimum atomic E-state index is -1.26. The molecule has 43 heavy (non-hydrogen) atoms. The number of carboxylic acids is 2. The summed E-state index contributed by atoms with van der Waals surface area (Å²) >= 11 is 0. The Morgan fingerprint density at radius 2 is 0.907 bits per heavy atom. The van der Waals surface area contributed by atoms with Crippen LogP contribution in [0.4, 0.5) is 22.7 Å². The van der Waals surface area contributed by atoms with E-state index in [0.717, 1.165) is 21.9 Å². The molecule has 2 aliphatic rings. The summed E-state index contributed by atoms with van der Waals surface area (Å²) in [5, 5.41) is 18.6. The molecule has 0 unspecified atom stereocenters. The molecule has 6 rings (SSSR count). The molecule has 2 aliphatic heterocycles. The zero-order chi connectivity index (χ0) is 30.7. The van der Waals surface area contributed by atoms with Crippen molar-refractivity contribution in [1.82, 2.24) is 0 Å². The van der Waals surface area contributed by atoms with E-state index < -0.39 is 35.6 Å². The number of benzene rings is 4. The highest BCUT2D eigenvalue weighted by atomic mass is 16.5. The number of ether oxygens (including phenoxy) is 1. The standard InChI is InChI=1S/C30H18N4O9/c31-21-7-1-13(29(39)40)9-23(21)33-25(35)17-5-3-15(11-19(17)27(33)37)43-16-4-6-18-20(12-16)28(38)34(26(18)36)24-10-14(30(41)42)2-8-22(24)32/h1-12H,31-32H2,(H,39,40)(H,41,42). The van der Waals surface area contributed by atoms with Crippen LogP contribution in [0.5, 0.6) is 11.5 Å². The number of imide groups is 2. The van der Waals surface area contributed by atoms with Crippen molar-refractivity contribution in [2.24, 2.45) is 0 Å². The Bertz CT molecular complexity index is 1840. The average Bonchev–Trinajstić information content (AvgIpc) is 3.36.